The summed E-state index contributed by atoms with van der Waals surface area (Å²) in [5, 5.41) is 0. The average Bonchev–Trinajstić information content (AvgIpc) is 3.06. The third-order valence-corrected chi connectivity index (χ3v) is 9.80. The van der Waals surface area contributed by atoms with Crippen molar-refractivity contribution in [2.45, 2.75) is 38.5 Å². The van der Waals surface area contributed by atoms with Crippen LogP contribution >= 0.6 is 0 Å². The lowest BCUT2D eigenvalue weighted by atomic mass is 9.73. The maximum absolute atomic E-state index is 2.47. The number of nitrogens with zero attached hydrogens (tertiary/aromatic N) is 2. The largest absolute Gasteiger partial charge is 0.310 e. The average molecular weight is 569 g/mol. The molecule has 0 unspecified atom stereocenters. The molecular weight excluding hydrogens is 532 g/mol. The molecule has 0 atom stereocenters. The second-order valence-corrected chi connectivity index (χ2v) is 13.1. The Balaban J connectivity index is 1.43. The monoisotopic (exact) mass is 568 g/mol. The van der Waals surface area contributed by atoms with Crippen molar-refractivity contribution in [2.24, 2.45) is 0 Å². The molecule has 6 aromatic carbocycles. The fraction of sp³-hybridized carbons (Fsp3) is 0.143. The van der Waals surface area contributed by atoms with Gasteiger partial charge < -0.3 is 9.80 Å². The van der Waals surface area contributed by atoms with Gasteiger partial charge in [0.1, 0.15) is 0 Å². The van der Waals surface area contributed by atoms with Crippen LogP contribution in [0.25, 0.3) is 11.1 Å². The van der Waals surface area contributed by atoms with Crippen LogP contribution in [0.4, 0.5) is 34.1 Å². The van der Waals surface area contributed by atoms with Crippen molar-refractivity contribution >= 4 is 34.1 Å². The molecule has 2 aliphatic heterocycles. The molecule has 2 heteroatoms. The zero-order valence-electron chi connectivity index (χ0n) is 25.8. The van der Waals surface area contributed by atoms with E-state index in [1.165, 1.54) is 56.1 Å². The van der Waals surface area contributed by atoms with Crippen molar-refractivity contribution in [3.8, 4) is 11.1 Å². The van der Waals surface area contributed by atoms with Crippen LogP contribution in [-0.4, -0.2) is 0 Å². The van der Waals surface area contributed by atoms with E-state index in [9.17, 15) is 0 Å². The summed E-state index contributed by atoms with van der Waals surface area (Å²) >= 11 is 0. The van der Waals surface area contributed by atoms with Crippen molar-refractivity contribution in [3.05, 3.63) is 168 Å². The predicted molar refractivity (Wildman–Crippen MR) is 185 cm³/mol. The SMILES string of the molecule is CC1(C)c2ccccc2N(c2cc(-c3ccccc3)cc(N3c4ccccc4C(C)(C)c4ccccc43)c2)c2ccccc21. The number of benzene rings is 6. The van der Waals surface area contributed by atoms with Gasteiger partial charge in [-0.3, -0.25) is 0 Å². The second-order valence-electron chi connectivity index (χ2n) is 13.1. The van der Waals surface area contributed by atoms with Gasteiger partial charge >= 0.3 is 0 Å². The first-order chi connectivity index (χ1) is 21.4. The highest BCUT2D eigenvalue weighted by Gasteiger charge is 2.39. The standard InChI is InChI=1S/C42H36N2/c1-41(2)33-18-8-12-22-37(33)43(38-23-13-9-19-34(38)41)31-26-30(29-16-6-5-7-17-29)27-32(28-31)44-39-24-14-10-20-35(39)42(3,4)36-21-11-15-25-40(36)44/h5-28H,1-4H3. The molecule has 6 aromatic rings. The summed E-state index contributed by atoms with van der Waals surface area (Å²) in [7, 11) is 0. The van der Waals surface area contributed by atoms with E-state index in [1.54, 1.807) is 0 Å². The molecule has 2 heterocycles. The van der Waals surface area contributed by atoms with E-state index in [-0.39, 0.29) is 10.8 Å². The number of hydrogen-bond donors (Lipinski definition) is 0. The van der Waals surface area contributed by atoms with E-state index in [0.29, 0.717) is 0 Å². The van der Waals surface area contributed by atoms with Gasteiger partial charge in [0.05, 0.1) is 22.7 Å². The molecule has 0 N–H and O–H groups in total. The van der Waals surface area contributed by atoms with Crippen molar-refractivity contribution in [3.63, 3.8) is 0 Å². The minimum atomic E-state index is -0.111. The Morgan fingerprint density at radius 2 is 0.659 bits per heavy atom. The molecule has 44 heavy (non-hydrogen) atoms. The Morgan fingerprint density at radius 3 is 1.02 bits per heavy atom. The summed E-state index contributed by atoms with van der Waals surface area (Å²) < 4.78 is 0. The van der Waals surface area contributed by atoms with Crippen LogP contribution in [0.1, 0.15) is 49.9 Å². The van der Waals surface area contributed by atoms with Gasteiger partial charge in [-0.15, -0.1) is 0 Å². The Bertz CT molecular complexity index is 1810. The third-order valence-electron chi connectivity index (χ3n) is 9.80. The van der Waals surface area contributed by atoms with Crippen LogP contribution in [0.3, 0.4) is 0 Å². The Hall–Kier alpha value is -5.08. The first-order valence-corrected chi connectivity index (χ1v) is 15.5. The second kappa shape index (κ2) is 9.72. The number of anilines is 6. The van der Waals surface area contributed by atoms with E-state index in [4.69, 9.17) is 0 Å². The lowest BCUT2D eigenvalue weighted by Gasteiger charge is -2.43. The topological polar surface area (TPSA) is 6.48 Å². The molecule has 0 spiro atoms. The molecule has 2 aliphatic rings. The molecule has 0 saturated carbocycles. The van der Waals surface area contributed by atoms with E-state index in [2.05, 4.69) is 183 Å². The Labute approximate surface area is 260 Å². The number of rotatable bonds is 3. The molecule has 0 amide bonds. The maximum Gasteiger partial charge on any atom is 0.0502 e. The molecule has 0 radical (unpaired) electrons. The highest BCUT2D eigenvalue weighted by molar-refractivity contribution is 5.93. The van der Waals surface area contributed by atoms with Crippen molar-refractivity contribution < 1.29 is 0 Å². The molecule has 214 valence electrons. The highest BCUT2D eigenvalue weighted by Crippen LogP contribution is 2.55. The van der Waals surface area contributed by atoms with Crippen LogP contribution in [0.5, 0.6) is 0 Å². The van der Waals surface area contributed by atoms with Gasteiger partial charge in [0.15, 0.2) is 0 Å². The Morgan fingerprint density at radius 1 is 0.341 bits per heavy atom. The smallest absolute Gasteiger partial charge is 0.0502 e. The van der Waals surface area contributed by atoms with E-state index in [1.807, 2.05) is 0 Å². The van der Waals surface area contributed by atoms with Crippen LogP contribution in [0.2, 0.25) is 0 Å². The number of fused-ring (bicyclic) bond motifs is 4. The summed E-state index contributed by atoms with van der Waals surface area (Å²) in [6, 6.07) is 53.5. The van der Waals surface area contributed by atoms with Crippen molar-refractivity contribution in [1.29, 1.82) is 0 Å². The van der Waals surface area contributed by atoms with Gasteiger partial charge in [-0.25, -0.2) is 0 Å². The van der Waals surface area contributed by atoms with Crippen LogP contribution < -0.4 is 9.80 Å². The zero-order chi connectivity index (χ0) is 30.1. The van der Waals surface area contributed by atoms with Crippen LogP contribution in [0, 0.1) is 0 Å². The lowest BCUT2D eigenvalue weighted by Crippen LogP contribution is -2.31. The molecule has 0 bridgehead atoms. The van der Waals surface area contributed by atoms with E-state index in [0.717, 1.165) is 11.4 Å². The lowest BCUT2D eigenvalue weighted by molar-refractivity contribution is 0.631. The molecule has 2 nitrogen and oxygen atoms in total. The van der Waals surface area contributed by atoms with Gasteiger partial charge in [0.2, 0.25) is 0 Å². The fourth-order valence-corrected chi connectivity index (χ4v) is 7.55. The predicted octanol–water partition coefficient (Wildman–Crippen LogP) is 11.6. The summed E-state index contributed by atoms with van der Waals surface area (Å²) in [5.74, 6) is 0. The Kier molecular flexibility index (Phi) is 5.86. The molecule has 0 aromatic heterocycles. The van der Waals surface area contributed by atoms with Gasteiger partial charge in [-0.05, 0) is 75.8 Å². The summed E-state index contributed by atoms with van der Waals surface area (Å²) in [4.78, 5) is 4.94. The first kappa shape index (κ1) is 26.5. The van der Waals surface area contributed by atoms with E-state index >= 15 is 0 Å². The van der Waals surface area contributed by atoms with Crippen molar-refractivity contribution in [2.75, 3.05) is 9.80 Å². The van der Waals surface area contributed by atoms with Crippen LogP contribution in [0.15, 0.2) is 146 Å². The summed E-state index contributed by atoms with van der Waals surface area (Å²) in [6.45, 7) is 9.38. The summed E-state index contributed by atoms with van der Waals surface area (Å²) in [5.41, 5.74) is 14.7. The van der Waals surface area contributed by atoms with E-state index < -0.39 is 0 Å². The number of para-hydroxylation sites is 4. The molecule has 0 saturated heterocycles. The normalized spacial score (nSPS) is 15.5. The molecule has 8 rings (SSSR count). The zero-order valence-corrected chi connectivity index (χ0v) is 25.8. The molecule has 0 fully saturated rings. The molecule has 0 aliphatic carbocycles. The maximum atomic E-state index is 2.47. The van der Waals surface area contributed by atoms with Crippen molar-refractivity contribution in [1.82, 2.24) is 0 Å². The highest BCUT2D eigenvalue weighted by atomic mass is 15.2. The minimum absolute atomic E-state index is 0.111. The fourth-order valence-electron chi connectivity index (χ4n) is 7.55. The number of hydrogen-bond acceptors (Lipinski definition) is 2. The summed E-state index contributed by atoms with van der Waals surface area (Å²) in [6.07, 6.45) is 0. The quantitative estimate of drug-likeness (QED) is 0.209. The van der Waals surface area contributed by atoms with Gasteiger partial charge in [0, 0.05) is 22.2 Å². The minimum Gasteiger partial charge on any atom is -0.310 e. The van der Waals surface area contributed by atoms with Crippen LogP contribution in [-0.2, 0) is 10.8 Å². The first-order valence-electron chi connectivity index (χ1n) is 15.5. The van der Waals surface area contributed by atoms with Gasteiger partial charge in [-0.1, -0.05) is 131 Å². The van der Waals surface area contributed by atoms with Gasteiger partial charge in [-0.2, -0.15) is 0 Å². The van der Waals surface area contributed by atoms with Gasteiger partial charge in [0.25, 0.3) is 0 Å². The molecular formula is C42H36N2. The third kappa shape index (κ3) is 3.87.